The summed E-state index contributed by atoms with van der Waals surface area (Å²) in [7, 11) is 1.67. The maximum atomic E-state index is 5.62. The van der Waals surface area contributed by atoms with Gasteiger partial charge in [-0.05, 0) is 19.3 Å². The molecule has 0 radical (unpaired) electrons. The molecule has 1 aromatic rings. The van der Waals surface area contributed by atoms with E-state index >= 15 is 0 Å². The summed E-state index contributed by atoms with van der Waals surface area (Å²) in [4.78, 5) is 6.43. The quantitative estimate of drug-likeness (QED) is 0.904. The van der Waals surface area contributed by atoms with E-state index in [-0.39, 0.29) is 24.8 Å². The number of ether oxygens (including phenoxy) is 1. The van der Waals surface area contributed by atoms with Crippen molar-refractivity contribution in [2.24, 2.45) is 0 Å². The van der Waals surface area contributed by atoms with Gasteiger partial charge in [-0.25, -0.2) is 4.98 Å². The molecule has 1 saturated heterocycles. The van der Waals surface area contributed by atoms with Gasteiger partial charge >= 0.3 is 0 Å². The first kappa shape index (κ1) is 16.1. The first-order valence-electron chi connectivity index (χ1n) is 5.35. The van der Waals surface area contributed by atoms with Crippen LogP contribution in [0.2, 0.25) is 0 Å². The molecule has 0 aromatic carbocycles. The van der Waals surface area contributed by atoms with Crippen LogP contribution in [0.25, 0.3) is 0 Å². The molecule has 0 spiro atoms. The van der Waals surface area contributed by atoms with Gasteiger partial charge in [-0.15, -0.1) is 24.8 Å². The molecule has 0 saturated carbocycles. The summed E-state index contributed by atoms with van der Waals surface area (Å²) in [5.41, 5.74) is 6.68. The topological polar surface area (TPSA) is 51.4 Å². The van der Waals surface area contributed by atoms with E-state index in [9.17, 15) is 0 Å². The maximum absolute atomic E-state index is 5.62. The lowest BCUT2D eigenvalue weighted by Crippen LogP contribution is -2.29. The molecule has 98 valence electrons. The number of nitrogen functional groups attached to an aromatic ring is 1. The van der Waals surface area contributed by atoms with Crippen molar-refractivity contribution in [2.45, 2.75) is 19.3 Å². The lowest BCUT2D eigenvalue weighted by atomic mass is 10.1. The summed E-state index contributed by atoms with van der Waals surface area (Å²) in [6.45, 7) is 2.17. The smallest absolute Gasteiger partial charge is 0.147 e. The molecule has 6 heteroatoms. The van der Waals surface area contributed by atoms with E-state index in [1.807, 2.05) is 0 Å². The van der Waals surface area contributed by atoms with Crippen molar-refractivity contribution in [1.29, 1.82) is 0 Å². The Labute approximate surface area is 114 Å². The monoisotopic (exact) mass is 279 g/mol. The highest BCUT2D eigenvalue weighted by Crippen LogP contribution is 2.30. The van der Waals surface area contributed by atoms with E-state index in [4.69, 9.17) is 10.5 Å². The number of hydrogen-bond acceptors (Lipinski definition) is 4. The Balaban J connectivity index is 0.00000128. The van der Waals surface area contributed by atoms with E-state index in [0.29, 0.717) is 5.82 Å². The third-order valence-electron chi connectivity index (χ3n) is 2.78. The number of halogens is 2. The number of pyridine rings is 1. The van der Waals surface area contributed by atoms with Gasteiger partial charge in [0.2, 0.25) is 0 Å². The highest BCUT2D eigenvalue weighted by Gasteiger charge is 2.15. The van der Waals surface area contributed by atoms with Crippen molar-refractivity contribution in [2.75, 3.05) is 30.8 Å². The Morgan fingerprint density at radius 2 is 1.88 bits per heavy atom. The molecule has 1 aliphatic heterocycles. The molecule has 0 aliphatic carbocycles. The minimum absolute atomic E-state index is 0. The van der Waals surface area contributed by atoms with Crippen LogP contribution >= 0.6 is 24.8 Å². The first-order valence-corrected chi connectivity index (χ1v) is 5.35. The van der Waals surface area contributed by atoms with Crippen LogP contribution in [-0.4, -0.2) is 25.2 Å². The van der Waals surface area contributed by atoms with Crippen molar-refractivity contribution in [3.63, 3.8) is 0 Å². The van der Waals surface area contributed by atoms with E-state index in [1.165, 1.54) is 19.3 Å². The molecule has 0 amide bonds. The van der Waals surface area contributed by atoms with Crippen LogP contribution in [0.1, 0.15) is 19.3 Å². The van der Waals surface area contributed by atoms with Crippen LogP contribution in [0.5, 0.6) is 5.75 Å². The van der Waals surface area contributed by atoms with Gasteiger partial charge in [-0.3, -0.25) is 0 Å². The normalized spacial score (nSPS) is 14.5. The zero-order valence-corrected chi connectivity index (χ0v) is 11.5. The Hall–Kier alpha value is -0.870. The van der Waals surface area contributed by atoms with E-state index < -0.39 is 0 Å². The van der Waals surface area contributed by atoms with Gasteiger partial charge in [-0.2, -0.15) is 0 Å². The summed E-state index contributed by atoms with van der Waals surface area (Å²) >= 11 is 0. The lowest BCUT2D eigenvalue weighted by molar-refractivity contribution is 0.412. The van der Waals surface area contributed by atoms with Crippen LogP contribution in [0.4, 0.5) is 11.5 Å². The average molecular weight is 280 g/mol. The summed E-state index contributed by atoms with van der Waals surface area (Å²) in [6.07, 6.45) is 5.61. The minimum Gasteiger partial charge on any atom is -0.494 e. The molecule has 1 aliphatic rings. The van der Waals surface area contributed by atoms with Crippen molar-refractivity contribution >= 4 is 36.3 Å². The number of rotatable bonds is 2. The van der Waals surface area contributed by atoms with Crippen LogP contribution in [0.3, 0.4) is 0 Å². The maximum Gasteiger partial charge on any atom is 0.147 e. The molecule has 1 aromatic heterocycles. The van der Waals surface area contributed by atoms with E-state index in [0.717, 1.165) is 24.5 Å². The average Bonchev–Trinajstić information content (AvgIpc) is 2.30. The number of nitrogens with two attached hydrogens (primary N) is 1. The highest BCUT2D eigenvalue weighted by molar-refractivity contribution is 5.85. The van der Waals surface area contributed by atoms with Gasteiger partial charge in [0.05, 0.1) is 19.0 Å². The Morgan fingerprint density at radius 1 is 1.24 bits per heavy atom. The predicted octanol–water partition coefficient (Wildman–Crippen LogP) is 2.51. The zero-order valence-electron chi connectivity index (χ0n) is 9.89. The number of nitrogens with zero attached hydrogens (tertiary/aromatic N) is 2. The van der Waals surface area contributed by atoms with Crippen LogP contribution in [0, 0.1) is 0 Å². The molecule has 2 rings (SSSR count). The molecule has 0 bridgehead atoms. The van der Waals surface area contributed by atoms with Crippen LogP contribution in [-0.2, 0) is 0 Å². The molecule has 2 heterocycles. The molecule has 4 nitrogen and oxygen atoms in total. The first-order chi connectivity index (χ1) is 7.31. The van der Waals surface area contributed by atoms with Crippen LogP contribution in [0.15, 0.2) is 12.3 Å². The lowest BCUT2D eigenvalue weighted by Gasteiger charge is -2.29. The fourth-order valence-electron chi connectivity index (χ4n) is 1.98. The summed E-state index contributed by atoms with van der Waals surface area (Å²) < 4.78 is 5.32. The highest BCUT2D eigenvalue weighted by atomic mass is 35.5. The SMILES string of the molecule is COc1cc(N)ncc1N1CCCCC1.Cl.Cl. The third kappa shape index (κ3) is 3.82. The van der Waals surface area contributed by atoms with Gasteiger partial charge < -0.3 is 15.4 Å². The molecular weight excluding hydrogens is 261 g/mol. The van der Waals surface area contributed by atoms with Crippen molar-refractivity contribution in [1.82, 2.24) is 4.98 Å². The predicted molar refractivity (Wildman–Crippen MR) is 75.8 cm³/mol. The molecular formula is C11H19Cl2N3O. The Morgan fingerprint density at radius 3 is 2.47 bits per heavy atom. The Bertz CT molecular complexity index is 343. The van der Waals surface area contributed by atoms with Gasteiger partial charge in [0.1, 0.15) is 11.6 Å². The number of anilines is 2. The largest absolute Gasteiger partial charge is 0.494 e. The van der Waals surface area contributed by atoms with Gasteiger partial charge in [0.25, 0.3) is 0 Å². The fraction of sp³-hybridized carbons (Fsp3) is 0.545. The molecule has 0 atom stereocenters. The van der Waals surface area contributed by atoms with E-state index in [2.05, 4.69) is 9.88 Å². The number of aromatic nitrogens is 1. The molecule has 1 fully saturated rings. The number of hydrogen-bond donors (Lipinski definition) is 1. The summed E-state index contributed by atoms with van der Waals surface area (Å²) in [6, 6.07) is 1.78. The third-order valence-corrected chi connectivity index (χ3v) is 2.78. The number of piperidine rings is 1. The molecule has 2 N–H and O–H groups in total. The Kier molecular flexibility index (Phi) is 7.07. The zero-order chi connectivity index (χ0) is 10.7. The second-order valence-corrected chi connectivity index (χ2v) is 3.83. The minimum atomic E-state index is 0. The van der Waals surface area contributed by atoms with E-state index in [1.54, 1.807) is 19.4 Å². The standard InChI is InChI=1S/C11H17N3O.2ClH/c1-15-10-7-11(12)13-8-9(10)14-5-3-2-4-6-14;;/h7-8H,2-6H2,1H3,(H2,12,13);2*1H. The van der Waals surface area contributed by atoms with Crippen molar-refractivity contribution in [3.05, 3.63) is 12.3 Å². The van der Waals surface area contributed by atoms with Crippen molar-refractivity contribution < 1.29 is 4.74 Å². The second-order valence-electron chi connectivity index (χ2n) is 3.83. The summed E-state index contributed by atoms with van der Waals surface area (Å²) in [5, 5.41) is 0. The molecule has 0 unspecified atom stereocenters. The van der Waals surface area contributed by atoms with Gasteiger partial charge in [0.15, 0.2) is 0 Å². The summed E-state index contributed by atoms with van der Waals surface area (Å²) in [5.74, 6) is 1.33. The fourth-order valence-corrected chi connectivity index (χ4v) is 1.98. The van der Waals surface area contributed by atoms with Crippen molar-refractivity contribution in [3.8, 4) is 5.75 Å². The molecule has 17 heavy (non-hydrogen) atoms. The second kappa shape index (κ2) is 7.45. The van der Waals surface area contributed by atoms with Crippen LogP contribution < -0.4 is 15.4 Å². The van der Waals surface area contributed by atoms with Gasteiger partial charge in [-0.1, -0.05) is 0 Å². The van der Waals surface area contributed by atoms with Gasteiger partial charge in [0, 0.05) is 19.2 Å². The number of methoxy groups -OCH3 is 1.